The van der Waals surface area contributed by atoms with Crippen molar-refractivity contribution in [2.24, 2.45) is 0 Å². The zero-order valence-corrected chi connectivity index (χ0v) is 12.6. The molecule has 0 saturated carbocycles. The Morgan fingerprint density at radius 2 is 2.20 bits per heavy atom. The molecule has 0 aliphatic heterocycles. The number of hydrogen-bond acceptors (Lipinski definition) is 4. The first kappa shape index (κ1) is 15.3. The summed E-state index contributed by atoms with van der Waals surface area (Å²) in [6.07, 6.45) is 6.39. The molecule has 0 saturated heterocycles. The molecule has 0 fully saturated rings. The molecular formula is C14H22N2O3S. The second-order valence-corrected chi connectivity index (χ2v) is 6.60. The van der Waals surface area contributed by atoms with Crippen molar-refractivity contribution in [3.05, 3.63) is 29.5 Å². The van der Waals surface area contributed by atoms with Crippen LogP contribution in [0.3, 0.4) is 0 Å². The maximum atomic E-state index is 12.0. The van der Waals surface area contributed by atoms with Gasteiger partial charge in [-0.15, -0.1) is 0 Å². The molecule has 1 aromatic rings. The van der Waals surface area contributed by atoms with Gasteiger partial charge in [-0.1, -0.05) is 18.6 Å². The lowest BCUT2D eigenvalue weighted by Crippen LogP contribution is -2.24. The quantitative estimate of drug-likeness (QED) is 0.722. The van der Waals surface area contributed by atoms with E-state index in [1.807, 2.05) is 6.92 Å². The topological polar surface area (TPSA) is 71.3 Å². The summed E-state index contributed by atoms with van der Waals surface area (Å²) in [7, 11) is -3.53. The second-order valence-electron chi connectivity index (χ2n) is 4.90. The molecule has 20 heavy (non-hydrogen) atoms. The van der Waals surface area contributed by atoms with Gasteiger partial charge in [0.1, 0.15) is 5.76 Å². The zero-order valence-electron chi connectivity index (χ0n) is 11.8. The minimum atomic E-state index is -3.53. The molecule has 1 aliphatic rings. The van der Waals surface area contributed by atoms with Gasteiger partial charge in [-0.25, -0.2) is 13.1 Å². The Morgan fingerprint density at radius 1 is 1.35 bits per heavy atom. The van der Waals surface area contributed by atoms with E-state index in [2.05, 4.69) is 16.1 Å². The highest BCUT2D eigenvalue weighted by molar-refractivity contribution is 7.89. The molecule has 0 aromatic carbocycles. The Morgan fingerprint density at radius 3 is 2.90 bits per heavy atom. The minimum Gasteiger partial charge on any atom is -0.447 e. The van der Waals surface area contributed by atoms with Crippen LogP contribution in [0.4, 0.5) is 0 Å². The fourth-order valence-corrected chi connectivity index (χ4v) is 3.20. The molecule has 2 rings (SSSR count). The third-order valence-electron chi connectivity index (χ3n) is 3.32. The van der Waals surface area contributed by atoms with Crippen LogP contribution in [0, 0.1) is 0 Å². The van der Waals surface area contributed by atoms with Crippen LogP contribution < -0.4 is 10.0 Å². The molecular weight excluding hydrogens is 276 g/mol. The molecule has 0 atom stereocenters. The Kier molecular flexibility index (Phi) is 5.39. The zero-order chi connectivity index (χ0) is 14.4. The molecule has 0 radical (unpaired) electrons. The van der Waals surface area contributed by atoms with E-state index in [9.17, 15) is 8.42 Å². The van der Waals surface area contributed by atoms with Gasteiger partial charge in [-0.3, -0.25) is 0 Å². The van der Waals surface area contributed by atoms with E-state index >= 15 is 0 Å². The van der Waals surface area contributed by atoms with Crippen molar-refractivity contribution in [1.82, 2.24) is 10.0 Å². The molecule has 6 heteroatoms. The molecule has 0 bridgehead atoms. The highest BCUT2D eigenvalue weighted by atomic mass is 32.2. The van der Waals surface area contributed by atoms with E-state index in [1.54, 1.807) is 6.07 Å². The molecule has 5 nitrogen and oxygen atoms in total. The van der Waals surface area contributed by atoms with E-state index in [0.29, 0.717) is 18.8 Å². The summed E-state index contributed by atoms with van der Waals surface area (Å²) in [5, 5.41) is 3.08. The van der Waals surface area contributed by atoms with Crippen molar-refractivity contribution in [2.75, 3.05) is 13.1 Å². The highest BCUT2D eigenvalue weighted by Gasteiger charge is 2.18. The maximum absolute atomic E-state index is 12.0. The first-order chi connectivity index (χ1) is 9.62. The van der Waals surface area contributed by atoms with Gasteiger partial charge in [0.2, 0.25) is 5.09 Å². The first-order valence-corrected chi connectivity index (χ1v) is 8.57. The third kappa shape index (κ3) is 4.19. The van der Waals surface area contributed by atoms with Gasteiger partial charge in [0, 0.05) is 6.54 Å². The Bertz CT molecular complexity index is 561. The Balaban J connectivity index is 1.87. The third-order valence-corrected chi connectivity index (χ3v) is 4.66. The number of allylic oxidation sites excluding steroid dienone is 1. The number of nitrogens with one attached hydrogen (secondary N) is 2. The van der Waals surface area contributed by atoms with Crippen LogP contribution in [0.15, 0.2) is 33.3 Å². The molecule has 0 amide bonds. The van der Waals surface area contributed by atoms with E-state index in [0.717, 1.165) is 25.8 Å². The van der Waals surface area contributed by atoms with Gasteiger partial charge >= 0.3 is 0 Å². The van der Waals surface area contributed by atoms with Crippen molar-refractivity contribution in [3.63, 3.8) is 0 Å². The SMILES string of the molecule is CCNCc1ccc(S(=O)(=O)NCCC2=CCCC2)o1. The fraction of sp³-hybridized carbons (Fsp3) is 0.571. The number of rotatable bonds is 8. The summed E-state index contributed by atoms with van der Waals surface area (Å²) in [6.45, 7) is 3.77. The van der Waals surface area contributed by atoms with Crippen molar-refractivity contribution in [2.45, 2.75) is 44.2 Å². The smallest absolute Gasteiger partial charge is 0.273 e. The lowest BCUT2D eigenvalue weighted by atomic mass is 10.2. The normalized spacial score (nSPS) is 15.6. The highest BCUT2D eigenvalue weighted by Crippen LogP contribution is 2.20. The molecule has 0 spiro atoms. The molecule has 1 heterocycles. The number of furan rings is 1. The second kappa shape index (κ2) is 7.06. The lowest BCUT2D eigenvalue weighted by Gasteiger charge is -2.05. The van der Waals surface area contributed by atoms with E-state index in [-0.39, 0.29) is 5.09 Å². The van der Waals surface area contributed by atoms with Crippen molar-refractivity contribution >= 4 is 10.0 Å². The minimum absolute atomic E-state index is 0.00851. The molecule has 2 N–H and O–H groups in total. The first-order valence-electron chi connectivity index (χ1n) is 7.09. The predicted octanol–water partition coefficient (Wildman–Crippen LogP) is 2.17. The van der Waals surface area contributed by atoms with E-state index < -0.39 is 10.0 Å². The molecule has 1 aliphatic carbocycles. The van der Waals surface area contributed by atoms with Crippen molar-refractivity contribution in [3.8, 4) is 0 Å². The van der Waals surface area contributed by atoms with Crippen LogP contribution in [0.5, 0.6) is 0 Å². The van der Waals surface area contributed by atoms with Crippen molar-refractivity contribution < 1.29 is 12.8 Å². The fourth-order valence-electron chi connectivity index (χ4n) is 2.23. The average molecular weight is 298 g/mol. The maximum Gasteiger partial charge on any atom is 0.273 e. The Hall–Kier alpha value is -1.11. The summed E-state index contributed by atoms with van der Waals surface area (Å²) in [5.74, 6) is 0.630. The molecule has 112 valence electrons. The largest absolute Gasteiger partial charge is 0.447 e. The lowest BCUT2D eigenvalue weighted by molar-refractivity contribution is 0.401. The van der Waals surface area contributed by atoms with Gasteiger partial charge in [0.25, 0.3) is 10.0 Å². The van der Waals surface area contributed by atoms with Crippen LogP contribution in [-0.2, 0) is 16.6 Å². The Labute approximate surface area is 120 Å². The standard InChI is InChI=1S/C14H22N2O3S/c1-2-15-11-13-7-8-14(19-13)20(17,18)16-10-9-12-5-3-4-6-12/h5,7-8,15-16H,2-4,6,9-11H2,1H3. The average Bonchev–Trinajstić information content (AvgIpc) is 3.07. The summed E-state index contributed by atoms with van der Waals surface area (Å²) >= 11 is 0. The van der Waals surface area contributed by atoms with Gasteiger partial charge in [0.15, 0.2) is 0 Å². The molecule has 0 unspecified atom stereocenters. The van der Waals surface area contributed by atoms with Gasteiger partial charge in [0.05, 0.1) is 6.54 Å². The van der Waals surface area contributed by atoms with Crippen LogP contribution in [0.2, 0.25) is 0 Å². The monoisotopic (exact) mass is 298 g/mol. The van der Waals surface area contributed by atoms with E-state index in [1.165, 1.54) is 18.1 Å². The summed E-state index contributed by atoms with van der Waals surface area (Å²) in [6, 6.07) is 3.20. The van der Waals surface area contributed by atoms with Gasteiger partial charge in [-0.2, -0.15) is 0 Å². The van der Waals surface area contributed by atoms with E-state index in [4.69, 9.17) is 4.42 Å². The van der Waals surface area contributed by atoms with Crippen LogP contribution >= 0.6 is 0 Å². The molecule has 1 aromatic heterocycles. The van der Waals surface area contributed by atoms with Gasteiger partial charge < -0.3 is 9.73 Å². The predicted molar refractivity (Wildman–Crippen MR) is 77.8 cm³/mol. The van der Waals surface area contributed by atoms with Crippen LogP contribution in [0.25, 0.3) is 0 Å². The van der Waals surface area contributed by atoms with Gasteiger partial charge in [-0.05, 0) is 44.4 Å². The van der Waals surface area contributed by atoms with Crippen LogP contribution in [-0.4, -0.2) is 21.5 Å². The number of hydrogen-bond donors (Lipinski definition) is 2. The summed E-state index contributed by atoms with van der Waals surface area (Å²) in [5.41, 5.74) is 1.35. The number of sulfonamides is 1. The van der Waals surface area contributed by atoms with Crippen LogP contribution in [0.1, 0.15) is 38.4 Å². The summed E-state index contributed by atoms with van der Waals surface area (Å²) in [4.78, 5) is 0. The summed E-state index contributed by atoms with van der Waals surface area (Å²) < 4.78 is 32.0. The van der Waals surface area contributed by atoms with Crippen molar-refractivity contribution in [1.29, 1.82) is 0 Å².